The van der Waals surface area contributed by atoms with Crippen molar-refractivity contribution in [3.63, 3.8) is 0 Å². The topological polar surface area (TPSA) is 74.0 Å². The Kier molecular flexibility index (Phi) is 6.65. The minimum atomic E-state index is -0.805. The lowest BCUT2D eigenvalue weighted by molar-refractivity contribution is -0.117. The van der Waals surface area contributed by atoms with Gasteiger partial charge in [0.15, 0.2) is 11.5 Å². The number of hydrogen-bond acceptors (Lipinski definition) is 5. The molecule has 0 fully saturated rings. The van der Waals surface area contributed by atoms with Crippen LogP contribution in [0.4, 0.5) is 11.4 Å². The number of aryl methyl sites for hydroxylation is 1. The second-order valence-corrected chi connectivity index (χ2v) is 9.92. The lowest BCUT2D eigenvalue weighted by Crippen LogP contribution is -2.31. The average Bonchev–Trinajstić information content (AvgIpc) is 3.43. The molecule has 6 nitrogen and oxygen atoms in total. The summed E-state index contributed by atoms with van der Waals surface area (Å²) in [5.74, 6) is -1.63. The average molecular weight is 559 g/mol. The van der Waals surface area contributed by atoms with Crippen LogP contribution < -0.4 is 9.80 Å². The fraction of sp³-hybridized carbons (Fsp3) is 0.200. The van der Waals surface area contributed by atoms with Crippen LogP contribution in [-0.4, -0.2) is 29.9 Å². The van der Waals surface area contributed by atoms with Gasteiger partial charge < -0.3 is 14.4 Å². The maximum absolute atomic E-state index is 13.8. The highest BCUT2D eigenvalue weighted by molar-refractivity contribution is 9.10. The van der Waals surface area contributed by atoms with Crippen molar-refractivity contribution in [2.24, 2.45) is 0 Å². The van der Waals surface area contributed by atoms with E-state index in [0.29, 0.717) is 11.3 Å². The van der Waals surface area contributed by atoms with E-state index >= 15 is 0 Å². The van der Waals surface area contributed by atoms with Gasteiger partial charge in [-0.2, -0.15) is 0 Å². The normalized spacial score (nSPS) is 15.6. The zero-order valence-electron chi connectivity index (χ0n) is 20.9. The smallest absolute Gasteiger partial charge is 0.294 e. The Morgan fingerprint density at radius 1 is 1.03 bits per heavy atom. The highest BCUT2D eigenvalue weighted by atomic mass is 79.9. The molecule has 2 heterocycles. The number of benzene rings is 3. The summed E-state index contributed by atoms with van der Waals surface area (Å²) in [6.45, 7) is 7.83. The first-order chi connectivity index (χ1) is 17.8. The number of furan rings is 1. The van der Waals surface area contributed by atoms with Crippen molar-refractivity contribution in [1.29, 1.82) is 0 Å². The summed E-state index contributed by atoms with van der Waals surface area (Å²) < 4.78 is 6.71. The van der Waals surface area contributed by atoms with Crippen molar-refractivity contribution >= 4 is 50.0 Å². The fourth-order valence-electron chi connectivity index (χ4n) is 4.96. The van der Waals surface area contributed by atoms with E-state index in [-0.39, 0.29) is 11.3 Å². The minimum absolute atomic E-state index is 0.00485. The van der Waals surface area contributed by atoms with Gasteiger partial charge in [-0.25, -0.2) is 0 Å². The molecule has 1 unspecified atom stereocenters. The summed E-state index contributed by atoms with van der Waals surface area (Å²) in [6, 6.07) is 21.5. The Hall–Kier alpha value is -3.84. The standard InChI is InChI=1S/C30H27BrN2O4/c1-4-32(5-2)21-11-13-22(14-12-21)33-27(23-9-7-6-8-18(23)3)26(29(35)30(33)36)28(34)25-17-19-16-20(31)10-15-24(19)37-25/h6-17,27,35H,4-5H2,1-3H3. The van der Waals surface area contributed by atoms with E-state index in [1.165, 1.54) is 4.90 Å². The predicted molar refractivity (Wildman–Crippen MR) is 149 cm³/mol. The molecule has 1 aliphatic rings. The van der Waals surface area contributed by atoms with Gasteiger partial charge in [-0.15, -0.1) is 0 Å². The van der Waals surface area contributed by atoms with Crippen LogP contribution in [0.2, 0.25) is 0 Å². The quantitative estimate of drug-likeness (QED) is 0.244. The van der Waals surface area contributed by atoms with E-state index in [9.17, 15) is 14.7 Å². The zero-order valence-corrected chi connectivity index (χ0v) is 22.5. The summed E-state index contributed by atoms with van der Waals surface area (Å²) in [5, 5.41) is 11.8. The number of anilines is 2. The van der Waals surface area contributed by atoms with E-state index in [1.54, 1.807) is 12.1 Å². The van der Waals surface area contributed by atoms with Gasteiger partial charge in [0.05, 0.1) is 11.6 Å². The molecule has 0 saturated heterocycles. The molecule has 0 bridgehead atoms. The van der Waals surface area contributed by atoms with Crippen LogP contribution in [0.3, 0.4) is 0 Å². The van der Waals surface area contributed by atoms with E-state index in [0.717, 1.165) is 39.8 Å². The van der Waals surface area contributed by atoms with Crippen LogP contribution in [0.15, 0.2) is 93.0 Å². The van der Waals surface area contributed by atoms with Crippen molar-refractivity contribution in [2.45, 2.75) is 26.8 Å². The van der Waals surface area contributed by atoms with E-state index in [1.807, 2.05) is 67.6 Å². The first kappa shape index (κ1) is 24.8. The molecule has 188 valence electrons. The molecule has 37 heavy (non-hydrogen) atoms. The number of ketones is 1. The van der Waals surface area contributed by atoms with Crippen LogP contribution in [-0.2, 0) is 4.79 Å². The molecule has 7 heteroatoms. The van der Waals surface area contributed by atoms with Gasteiger partial charge in [0, 0.05) is 34.3 Å². The number of fused-ring (bicyclic) bond motifs is 1. The first-order valence-corrected chi connectivity index (χ1v) is 13.0. The van der Waals surface area contributed by atoms with Crippen LogP contribution in [0.25, 0.3) is 11.0 Å². The minimum Gasteiger partial charge on any atom is -0.503 e. The first-order valence-electron chi connectivity index (χ1n) is 12.2. The van der Waals surface area contributed by atoms with E-state index in [4.69, 9.17) is 4.42 Å². The Bertz CT molecular complexity index is 1530. The van der Waals surface area contributed by atoms with Crippen molar-refractivity contribution in [2.75, 3.05) is 22.9 Å². The molecule has 0 radical (unpaired) electrons. The summed E-state index contributed by atoms with van der Waals surface area (Å²) in [4.78, 5) is 31.1. The Morgan fingerprint density at radius 3 is 2.41 bits per heavy atom. The Balaban J connectivity index is 1.62. The lowest BCUT2D eigenvalue weighted by atomic mass is 9.92. The largest absolute Gasteiger partial charge is 0.503 e. The fourth-order valence-corrected chi connectivity index (χ4v) is 5.34. The van der Waals surface area contributed by atoms with Gasteiger partial charge >= 0.3 is 0 Å². The number of Topliss-reactive ketones (excluding diaryl/α,β-unsaturated/α-hetero) is 1. The summed E-state index contributed by atoms with van der Waals surface area (Å²) in [6.07, 6.45) is 0. The van der Waals surface area contributed by atoms with Crippen molar-refractivity contribution in [3.05, 3.63) is 105 Å². The van der Waals surface area contributed by atoms with E-state index < -0.39 is 23.5 Å². The maximum atomic E-state index is 13.8. The zero-order chi connectivity index (χ0) is 26.3. The summed E-state index contributed by atoms with van der Waals surface area (Å²) >= 11 is 3.44. The Morgan fingerprint density at radius 2 is 1.73 bits per heavy atom. The summed E-state index contributed by atoms with van der Waals surface area (Å²) in [7, 11) is 0. The van der Waals surface area contributed by atoms with Gasteiger partial charge in [-0.3, -0.25) is 14.5 Å². The Labute approximate surface area is 223 Å². The second-order valence-electron chi connectivity index (χ2n) is 9.01. The molecule has 5 rings (SSSR count). The van der Waals surface area contributed by atoms with E-state index in [2.05, 4.69) is 34.7 Å². The third kappa shape index (κ3) is 4.33. The highest BCUT2D eigenvalue weighted by Crippen LogP contribution is 2.43. The van der Waals surface area contributed by atoms with Gasteiger partial charge in [-0.05, 0) is 80.4 Å². The molecule has 1 aromatic heterocycles. The predicted octanol–water partition coefficient (Wildman–Crippen LogP) is 7.13. The number of nitrogens with zero attached hydrogens (tertiary/aromatic N) is 2. The van der Waals surface area contributed by atoms with Crippen molar-refractivity contribution in [3.8, 4) is 0 Å². The molecule has 1 aliphatic heterocycles. The monoisotopic (exact) mass is 558 g/mol. The van der Waals surface area contributed by atoms with Crippen LogP contribution in [0, 0.1) is 6.92 Å². The molecule has 1 N–H and O–H groups in total. The second kappa shape index (κ2) is 9.90. The molecule has 4 aromatic rings. The number of aliphatic hydroxyl groups is 1. The molecule has 0 spiro atoms. The number of amides is 1. The number of aliphatic hydroxyl groups excluding tert-OH is 1. The molecule has 0 saturated carbocycles. The molecular weight excluding hydrogens is 532 g/mol. The molecule has 3 aromatic carbocycles. The summed E-state index contributed by atoms with van der Waals surface area (Å²) in [5.41, 5.74) is 3.85. The third-order valence-electron chi connectivity index (χ3n) is 6.89. The number of rotatable bonds is 7. The molecule has 1 atom stereocenters. The van der Waals surface area contributed by atoms with Gasteiger partial charge in [0.1, 0.15) is 5.58 Å². The lowest BCUT2D eigenvalue weighted by Gasteiger charge is -2.28. The number of carbonyl (C=O) groups is 2. The maximum Gasteiger partial charge on any atom is 0.294 e. The van der Waals surface area contributed by atoms with Crippen LogP contribution in [0.1, 0.15) is 41.6 Å². The molecular formula is C30H27BrN2O4. The van der Waals surface area contributed by atoms with Gasteiger partial charge in [0.2, 0.25) is 5.78 Å². The van der Waals surface area contributed by atoms with Crippen molar-refractivity contribution in [1.82, 2.24) is 0 Å². The SMILES string of the molecule is CCN(CC)c1ccc(N2C(=O)C(O)=C(C(=O)c3cc4cc(Br)ccc4o3)C2c2ccccc2C)cc1. The third-order valence-corrected chi connectivity index (χ3v) is 7.39. The van der Waals surface area contributed by atoms with Crippen LogP contribution >= 0.6 is 15.9 Å². The number of carbonyl (C=O) groups excluding carboxylic acids is 2. The molecule has 1 amide bonds. The van der Waals surface area contributed by atoms with Crippen LogP contribution in [0.5, 0.6) is 0 Å². The van der Waals surface area contributed by atoms with Crippen molar-refractivity contribution < 1.29 is 19.1 Å². The van der Waals surface area contributed by atoms with Gasteiger partial charge in [-0.1, -0.05) is 40.2 Å². The van der Waals surface area contributed by atoms with Gasteiger partial charge in [0.25, 0.3) is 5.91 Å². The molecule has 0 aliphatic carbocycles. The highest BCUT2D eigenvalue weighted by Gasteiger charge is 2.45. The number of halogens is 1. The number of hydrogen-bond donors (Lipinski definition) is 1.